The van der Waals surface area contributed by atoms with Gasteiger partial charge in [0.2, 0.25) is 5.91 Å². The number of hydrogen-bond donors (Lipinski definition) is 2. The van der Waals surface area contributed by atoms with Gasteiger partial charge >= 0.3 is 6.03 Å². The van der Waals surface area contributed by atoms with Crippen LogP contribution in [0.4, 0.5) is 10.5 Å². The first-order chi connectivity index (χ1) is 14.4. The Hall–Kier alpha value is -3.29. The fraction of sp³-hybridized carbons (Fsp3) is 0.409. The minimum atomic E-state index is -0.839. The Morgan fingerprint density at radius 3 is 2.77 bits per heavy atom. The minimum absolute atomic E-state index is 0.292. The second-order valence-corrected chi connectivity index (χ2v) is 8.20. The van der Waals surface area contributed by atoms with Gasteiger partial charge in [0, 0.05) is 17.4 Å². The lowest BCUT2D eigenvalue weighted by Crippen LogP contribution is -2.49. The molecule has 2 heterocycles. The van der Waals surface area contributed by atoms with Crippen molar-refractivity contribution in [3.8, 4) is 11.3 Å². The van der Waals surface area contributed by atoms with Crippen molar-refractivity contribution in [2.75, 3.05) is 11.9 Å². The van der Waals surface area contributed by atoms with E-state index in [9.17, 15) is 14.4 Å². The molecule has 0 bridgehead atoms. The topological polar surface area (TPSA) is 104 Å². The van der Waals surface area contributed by atoms with Gasteiger partial charge < -0.3 is 10.6 Å². The second kappa shape index (κ2) is 7.85. The van der Waals surface area contributed by atoms with Gasteiger partial charge in [-0.1, -0.05) is 19.1 Å². The molecule has 0 unspecified atom stereocenters. The van der Waals surface area contributed by atoms with E-state index in [0.717, 1.165) is 29.0 Å². The van der Waals surface area contributed by atoms with E-state index in [4.69, 9.17) is 0 Å². The van der Waals surface area contributed by atoms with Crippen molar-refractivity contribution >= 4 is 23.5 Å². The standard InChI is InChI=1S/C22H25N5O3/c1-14-6-9-22(10-7-14)20(29)27(21(30)26-22)13-19(28)25-17-5-3-4-16(12-17)18-8-11-23-15(2)24-18/h3-5,8,11-12,14H,6-7,9-10,13H2,1-2H3,(H,25,28)(H,26,30). The Kier molecular flexibility index (Phi) is 5.24. The summed E-state index contributed by atoms with van der Waals surface area (Å²) in [6.45, 7) is 3.65. The van der Waals surface area contributed by atoms with E-state index in [-0.39, 0.29) is 12.5 Å². The summed E-state index contributed by atoms with van der Waals surface area (Å²) in [5.41, 5.74) is 1.32. The molecule has 1 saturated heterocycles. The average molecular weight is 407 g/mol. The number of rotatable bonds is 4. The van der Waals surface area contributed by atoms with Crippen molar-refractivity contribution in [1.29, 1.82) is 0 Å². The molecule has 2 fully saturated rings. The van der Waals surface area contributed by atoms with E-state index >= 15 is 0 Å². The Morgan fingerprint density at radius 2 is 2.03 bits per heavy atom. The van der Waals surface area contributed by atoms with E-state index in [2.05, 4.69) is 27.5 Å². The summed E-state index contributed by atoms with van der Waals surface area (Å²) in [5, 5.41) is 5.61. The molecule has 0 radical (unpaired) electrons. The lowest BCUT2D eigenvalue weighted by molar-refractivity contribution is -0.135. The molecule has 4 amide bonds. The molecule has 1 aliphatic carbocycles. The third-order valence-electron chi connectivity index (χ3n) is 5.89. The largest absolute Gasteiger partial charge is 0.325 e. The fourth-order valence-electron chi connectivity index (χ4n) is 4.13. The number of nitrogens with zero attached hydrogens (tertiary/aromatic N) is 3. The molecule has 1 aromatic carbocycles. The molecule has 156 valence electrons. The van der Waals surface area contributed by atoms with Gasteiger partial charge in [-0.05, 0) is 56.7 Å². The summed E-state index contributed by atoms with van der Waals surface area (Å²) >= 11 is 0. The van der Waals surface area contributed by atoms with Gasteiger partial charge in [-0.25, -0.2) is 14.8 Å². The highest BCUT2D eigenvalue weighted by molar-refractivity contribution is 6.10. The first-order valence-electron chi connectivity index (χ1n) is 10.2. The summed E-state index contributed by atoms with van der Waals surface area (Å²) in [7, 11) is 0. The zero-order valence-electron chi connectivity index (χ0n) is 17.1. The Labute approximate surface area is 175 Å². The first-order valence-corrected chi connectivity index (χ1v) is 10.2. The fourth-order valence-corrected chi connectivity index (χ4v) is 4.13. The van der Waals surface area contributed by atoms with Crippen molar-refractivity contribution in [2.45, 2.75) is 45.1 Å². The molecule has 2 aliphatic rings. The molecular formula is C22H25N5O3. The summed E-state index contributed by atoms with van der Waals surface area (Å²) in [6.07, 6.45) is 4.71. The van der Waals surface area contributed by atoms with Crippen molar-refractivity contribution in [2.24, 2.45) is 5.92 Å². The van der Waals surface area contributed by atoms with Crippen LogP contribution in [0.15, 0.2) is 36.5 Å². The van der Waals surface area contributed by atoms with Crippen LogP contribution in [0.5, 0.6) is 0 Å². The maximum absolute atomic E-state index is 12.9. The van der Waals surface area contributed by atoms with Gasteiger partial charge in [0.05, 0.1) is 5.69 Å². The third-order valence-corrected chi connectivity index (χ3v) is 5.89. The number of urea groups is 1. The van der Waals surface area contributed by atoms with Crippen molar-refractivity contribution in [1.82, 2.24) is 20.2 Å². The van der Waals surface area contributed by atoms with Crippen LogP contribution in [0.2, 0.25) is 0 Å². The van der Waals surface area contributed by atoms with Crippen LogP contribution in [0.1, 0.15) is 38.4 Å². The van der Waals surface area contributed by atoms with Gasteiger partial charge in [-0.15, -0.1) is 0 Å². The number of carbonyl (C=O) groups is 3. The Morgan fingerprint density at radius 1 is 1.27 bits per heavy atom. The van der Waals surface area contributed by atoms with Crippen molar-refractivity contribution in [3.05, 3.63) is 42.4 Å². The van der Waals surface area contributed by atoms with E-state index < -0.39 is 17.5 Å². The van der Waals surface area contributed by atoms with Crippen LogP contribution in [0.25, 0.3) is 11.3 Å². The third kappa shape index (κ3) is 3.90. The van der Waals surface area contributed by atoms with E-state index in [1.54, 1.807) is 24.4 Å². The lowest BCUT2D eigenvalue weighted by atomic mass is 9.77. The van der Waals surface area contributed by atoms with Crippen LogP contribution in [0, 0.1) is 12.8 Å². The quantitative estimate of drug-likeness (QED) is 0.759. The SMILES string of the molecule is Cc1nccc(-c2cccc(NC(=O)CN3C(=O)NC4(CCC(C)CC4)C3=O)c2)n1. The maximum atomic E-state index is 12.9. The number of amides is 4. The number of imide groups is 1. The summed E-state index contributed by atoms with van der Waals surface area (Å²) < 4.78 is 0. The molecule has 1 spiro atoms. The van der Waals surface area contributed by atoms with Crippen LogP contribution in [-0.4, -0.2) is 44.8 Å². The van der Waals surface area contributed by atoms with Crippen LogP contribution in [0.3, 0.4) is 0 Å². The molecule has 2 N–H and O–H groups in total. The predicted molar refractivity (Wildman–Crippen MR) is 111 cm³/mol. The number of hydrogen-bond acceptors (Lipinski definition) is 5. The molecule has 1 saturated carbocycles. The van der Waals surface area contributed by atoms with E-state index in [0.29, 0.717) is 30.3 Å². The maximum Gasteiger partial charge on any atom is 0.325 e. The van der Waals surface area contributed by atoms with Crippen LogP contribution < -0.4 is 10.6 Å². The highest BCUT2D eigenvalue weighted by Crippen LogP contribution is 2.36. The molecular weight excluding hydrogens is 382 g/mol. The Balaban J connectivity index is 1.43. The van der Waals surface area contributed by atoms with Crippen molar-refractivity contribution in [3.63, 3.8) is 0 Å². The van der Waals surface area contributed by atoms with Gasteiger partial charge in [-0.2, -0.15) is 0 Å². The first kappa shape index (κ1) is 20.0. The molecule has 0 atom stereocenters. The van der Waals surface area contributed by atoms with Crippen molar-refractivity contribution < 1.29 is 14.4 Å². The molecule has 8 nitrogen and oxygen atoms in total. The van der Waals surface area contributed by atoms with Crippen LogP contribution >= 0.6 is 0 Å². The Bertz CT molecular complexity index is 998. The number of carbonyl (C=O) groups excluding carboxylic acids is 3. The van der Waals surface area contributed by atoms with E-state index in [1.165, 1.54) is 0 Å². The summed E-state index contributed by atoms with van der Waals surface area (Å²) in [4.78, 5) is 47.4. The summed E-state index contributed by atoms with van der Waals surface area (Å²) in [6, 6.07) is 8.57. The number of aryl methyl sites for hydroxylation is 1. The van der Waals surface area contributed by atoms with Gasteiger partial charge in [0.1, 0.15) is 17.9 Å². The molecule has 4 rings (SSSR count). The molecule has 1 aliphatic heterocycles. The number of anilines is 1. The normalized spacial score (nSPS) is 23.5. The lowest BCUT2D eigenvalue weighted by Gasteiger charge is -2.33. The molecule has 8 heteroatoms. The average Bonchev–Trinajstić information content (AvgIpc) is 2.95. The predicted octanol–water partition coefficient (Wildman–Crippen LogP) is 2.89. The zero-order valence-corrected chi connectivity index (χ0v) is 17.1. The molecule has 1 aromatic heterocycles. The smallest absolute Gasteiger partial charge is 0.325 e. The zero-order chi connectivity index (χ0) is 21.3. The summed E-state index contributed by atoms with van der Waals surface area (Å²) in [5.74, 6) is 0.491. The second-order valence-electron chi connectivity index (χ2n) is 8.20. The monoisotopic (exact) mass is 407 g/mol. The number of benzene rings is 1. The molecule has 2 aromatic rings. The van der Waals surface area contributed by atoms with Gasteiger partial charge in [-0.3, -0.25) is 14.5 Å². The number of aromatic nitrogens is 2. The number of nitrogens with one attached hydrogen (secondary N) is 2. The highest BCUT2D eigenvalue weighted by Gasteiger charge is 2.52. The highest BCUT2D eigenvalue weighted by atomic mass is 16.2. The molecule has 30 heavy (non-hydrogen) atoms. The minimum Gasteiger partial charge on any atom is -0.325 e. The van der Waals surface area contributed by atoms with Gasteiger partial charge in [0.15, 0.2) is 0 Å². The van der Waals surface area contributed by atoms with Crippen LogP contribution in [-0.2, 0) is 9.59 Å². The van der Waals surface area contributed by atoms with E-state index in [1.807, 2.05) is 19.1 Å². The van der Waals surface area contributed by atoms with Gasteiger partial charge in [0.25, 0.3) is 5.91 Å².